The topological polar surface area (TPSA) is 137 Å². The van der Waals surface area contributed by atoms with E-state index in [9.17, 15) is 23.3 Å². The lowest BCUT2D eigenvalue weighted by Crippen LogP contribution is -2.25. The van der Waals surface area contributed by atoms with E-state index < -0.39 is 26.5 Å². The van der Waals surface area contributed by atoms with Gasteiger partial charge in [-0.05, 0) is 24.6 Å². The van der Waals surface area contributed by atoms with Crippen LogP contribution in [0.15, 0.2) is 49.1 Å². The molecule has 0 atom stereocenters. The number of rotatable bonds is 11. The van der Waals surface area contributed by atoms with E-state index in [1.165, 1.54) is 43.5 Å². The maximum absolute atomic E-state index is 12.7. The summed E-state index contributed by atoms with van der Waals surface area (Å²) in [5, 5.41) is 14.0. The quantitative estimate of drug-likeness (QED) is 0.306. The number of amides is 1. The van der Waals surface area contributed by atoms with Crippen molar-refractivity contribution in [2.45, 2.75) is 12.7 Å². The van der Waals surface area contributed by atoms with Crippen LogP contribution < -0.4 is 19.5 Å². The predicted molar refractivity (Wildman–Crippen MR) is 116 cm³/mol. The monoisotopic (exact) mass is 449 g/mol. The van der Waals surface area contributed by atoms with E-state index in [0.29, 0.717) is 11.3 Å². The van der Waals surface area contributed by atoms with Gasteiger partial charge in [0.05, 0.1) is 30.5 Å². The number of hydrogen-bond donors (Lipinski definition) is 2. The van der Waals surface area contributed by atoms with Gasteiger partial charge < -0.3 is 14.8 Å². The minimum absolute atomic E-state index is 0.126. The number of nitro groups is 1. The van der Waals surface area contributed by atoms with Crippen LogP contribution >= 0.6 is 0 Å². The number of nitrogens with zero attached hydrogens (tertiary/aromatic N) is 1. The number of carbonyl (C=O) groups is 1. The molecule has 0 bridgehead atoms. The van der Waals surface area contributed by atoms with Gasteiger partial charge in [0.25, 0.3) is 11.6 Å². The molecule has 31 heavy (non-hydrogen) atoms. The highest BCUT2D eigenvalue weighted by atomic mass is 32.2. The summed E-state index contributed by atoms with van der Waals surface area (Å²) in [4.78, 5) is 23.4. The fraction of sp³-hybridized carbons (Fsp3) is 0.250. The van der Waals surface area contributed by atoms with Gasteiger partial charge in [-0.2, -0.15) is 0 Å². The lowest BCUT2D eigenvalue weighted by atomic mass is 10.1. The third kappa shape index (κ3) is 6.52. The number of nitrogens with one attached hydrogen (secondary N) is 2. The lowest BCUT2D eigenvalue weighted by molar-refractivity contribution is -0.385. The Morgan fingerprint density at radius 3 is 2.45 bits per heavy atom. The third-order valence-corrected chi connectivity index (χ3v) is 5.36. The van der Waals surface area contributed by atoms with Crippen molar-refractivity contribution in [1.29, 1.82) is 0 Å². The van der Waals surface area contributed by atoms with Gasteiger partial charge in [0, 0.05) is 18.3 Å². The van der Waals surface area contributed by atoms with Gasteiger partial charge in [-0.3, -0.25) is 14.9 Å². The Hall–Kier alpha value is -3.44. The number of benzene rings is 2. The minimum atomic E-state index is -3.52. The number of sulfonamides is 1. The maximum atomic E-state index is 12.7. The molecule has 0 unspecified atom stereocenters. The first-order valence-corrected chi connectivity index (χ1v) is 10.8. The molecule has 2 rings (SSSR count). The van der Waals surface area contributed by atoms with Gasteiger partial charge >= 0.3 is 0 Å². The second-order valence-corrected chi connectivity index (χ2v) is 8.06. The molecule has 0 aromatic heterocycles. The van der Waals surface area contributed by atoms with Crippen LogP contribution in [0.2, 0.25) is 0 Å². The zero-order chi connectivity index (χ0) is 23.0. The largest absolute Gasteiger partial charge is 0.493 e. The molecule has 0 heterocycles. The molecule has 0 saturated heterocycles. The maximum Gasteiger partial charge on any atom is 0.286 e. The van der Waals surface area contributed by atoms with E-state index >= 15 is 0 Å². The molecule has 0 aliphatic heterocycles. The van der Waals surface area contributed by atoms with Gasteiger partial charge in [0.2, 0.25) is 10.0 Å². The van der Waals surface area contributed by atoms with Crippen molar-refractivity contribution >= 4 is 27.3 Å². The molecule has 10 nitrogen and oxygen atoms in total. The summed E-state index contributed by atoms with van der Waals surface area (Å²) in [5.41, 5.74) is 0.207. The molecule has 0 aliphatic rings. The zero-order valence-corrected chi connectivity index (χ0v) is 17.9. The Balaban J connectivity index is 2.23. The molecule has 2 aromatic rings. The first-order chi connectivity index (χ1) is 14.7. The minimum Gasteiger partial charge on any atom is -0.493 e. The van der Waals surface area contributed by atoms with Crippen LogP contribution in [-0.4, -0.2) is 39.5 Å². The molecule has 1 amide bonds. The summed E-state index contributed by atoms with van der Waals surface area (Å²) < 4.78 is 36.7. The molecule has 2 N–H and O–H groups in total. The summed E-state index contributed by atoms with van der Waals surface area (Å²) in [5.74, 6) is -0.619. The molecular formula is C20H23N3O7S. The molecular weight excluding hydrogens is 426 g/mol. The highest BCUT2D eigenvalue weighted by molar-refractivity contribution is 7.88. The molecule has 0 aliphatic carbocycles. The van der Waals surface area contributed by atoms with E-state index in [-0.39, 0.29) is 36.0 Å². The Bertz CT molecular complexity index is 1070. The Labute approximate surface area is 180 Å². The Morgan fingerprint density at radius 2 is 1.90 bits per heavy atom. The van der Waals surface area contributed by atoms with E-state index in [0.717, 1.165) is 6.07 Å². The predicted octanol–water partition coefficient (Wildman–Crippen LogP) is 2.86. The van der Waals surface area contributed by atoms with Crippen LogP contribution in [-0.2, 0) is 15.8 Å². The smallest absolute Gasteiger partial charge is 0.286 e. The Morgan fingerprint density at radius 1 is 1.23 bits per heavy atom. The van der Waals surface area contributed by atoms with Gasteiger partial charge in [-0.15, -0.1) is 6.58 Å². The van der Waals surface area contributed by atoms with Gasteiger partial charge in [-0.25, -0.2) is 13.1 Å². The molecule has 0 spiro atoms. The van der Waals surface area contributed by atoms with Gasteiger partial charge in [0.15, 0.2) is 11.5 Å². The summed E-state index contributed by atoms with van der Waals surface area (Å²) in [6.07, 6.45) is 1.44. The first-order valence-electron chi connectivity index (χ1n) is 9.18. The summed E-state index contributed by atoms with van der Waals surface area (Å²) >= 11 is 0. The van der Waals surface area contributed by atoms with Crippen molar-refractivity contribution in [2.75, 3.05) is 25.6 Å². The number of ether oxygens (including phenoxy) is 2. The van der Waals surface area contributed by atoms with E-state index in [1.54, 1.807) is 6.92 Å². The molecule has 0 radical (unpaired) electrons. The molecule has 0 saturated carbocycles. The number of nitro benzene ring substituents is 1. The average molecular weight is 449 g/mol. The SMILES string of the molecule is C=CCNS(=O)(=O)Cc1ccc(NC(=O)c2cc(OC)c(OCC)cc2[N+](=O)[O-])cc1. The van der Waals surface area contributed by atoms with E-state index in [2.05, 4.69) is 16.6 Å². The van der Waals surface area contributed by atoms with Crippen LogP contribution in [0.1, 0.15) is 22.8 Å². The van der Waals surface area contributed by atoms with Gasteiger partial charge in [0.1, 0.15) is 5.56 Å². The van der Waals surface area contributed by atoms with Crippen LogP contribution in [0.4, 0.5) is 11.4 Å². The van der Waals surface area contributed by atoms with Gasteiger partial charge in [-0.1, -0.05) is 18.2 Å². The summed E-state index contributed by atoms with van der Waals surface area (Å²) in [6.45, 7) is 5.57. The first kappa shape index (κ1) is 23.8. The van der Waals surface area contributed by atoms with Crippen molar-refractivity contribution < 1.29 is 27.6 Å². The molecule has 11 heteroatoms. The van der Waals surface area contributed by atoms with Crippen molar-refractivity contribution in [2.24, 2.45) is 0 Å². The standard InChI is InChI=1S/C20H23N3O7S/c1-4-10-21-31(27,28)13-14-6-8-15(9-7-14)22-20(24)16-11-18(29-3)19(30-5-2)12-17(16)23(25)26/h4,6-9,11-12,21H,1,5,10,13H2,2-3H3,(H,22,24). The number of carbonyl (C=O) groups excluding carboxylic acids is 1. The highest BCUT2D eigenvalue weighted by Gasteiger charge is 2.25. The van der Waals surface area contributed by atoms with E-state index in [1.807, 2.05) is 0 Å². The number of methoxy groups -OCH3 is 1. The molecule has 166 valence electrons. The van der Waals surface area contributed by atoms with Crippen molar-refractivity contribution in [1.82, 2.24) is 4.72 Å². The van der Waals surface area contributed by atoms with Crippen LogP contribution in [0.3, 0.4) is 0 Å². The summed E-state index contributed by atoms with van der Waals surface area (Å²) in [6, 6.07) is 8.47. The second kappa shape index (κ2) is 10.5. The van der Waals surface area contributed by atoms with Crippen LogP contribution in [0, 0.1) is 10.1 Å². The fourth-order valence-electron chi connectivity index (χ4n) is 2.65. The normalized spacial score (nSPS) is 10.9. The summed E-state index contributed by atoms with van der Waals surface area (Å²) in [7, 11) is -2.15. The van der Waals surface area contributed by atoms with Crippen LogP contribution in [0.5, 0.6) is 11.5 Å². The number of hydrogen-bond acceptors (Lipinski definition) is 7. The van der Waals surface area contributed by atoms with E-state index in [4.69, 9.17) is 9.47 Å². The second-order valence-electron chi connectivity index (χ2n) is 6.26. The fourth-order valence-corrected chi connectivity index (χ4v) is 3.75. The highest BCUT2D eigenvalue weighted by Crippen LogP contribution is 2.35. The van der Waals surface area contributed by atoms with Crippen LogP contribution in [0.25, 0.3) is 0 Å². The average Bonchev–Trinajstić information content (AvgIpc) is 2.73. The molecule has 2 aromatic carbocycles. The molecule has 0 fully saturated rings. The Kier molecular flexibility index (Phi) is 8.11. The van der Waals surface area contributed by atoms with Crippen molar-refractivity contribution in [3.63, 3.8) is 0 Å². The number of anilines is 1. The van der Waals surface area contributed by atoms with Crippen molar-refractivity contribution in [3.8, 4) is 11.5 Å². The lowest BCUT2D eigenvalue weighted by Gasteiger charge is -2.12. The zero-order valence-electron chi connectivity index (χ0n) is 17.1. The third-order valence-electron chi connectivity index (χ3n) is 4.04. The van der Waals surface area contributed by atoms with Crippen molar-refractivity contribution in [3.05, 3.63) is 70.3 Å².